The number of rotatable bonds is 6. The van der Waals surface area contributed by atoms with Crippen molar-refractivity contribution in [3.8, 4) is 21.1 Å². The Bertz CT molecular complexity index is 1360. The van der Waals surface area contributed by atoms with E-state index in [1.54, 1.807) is 23.5 Å². The summed E-state index contributed by atoms with van der Waals surface area (Å²) in [7, 11) is 0. The number of nitrogens with one attached hydrogen (secondary N) is 2. The van der Waals surface area contributed by atoms with Crippen molar-refractivity contribution in [2.45, 2.75) is 0 Å². The van der Waals surface area contributed by atoms with Gasteiger partial charge in [0.25, 0.3) is 5.91 Å². The van der Waals surface area contributed by atoms with Crippen LogP contribution in [0.3, 0.4) is 0 Å². The molecular weight excluding hydrogens is 458 g/mol. The summed E-state index contributed by atoms with van der Waals surface area (Å²) in [5.41, 5.74) is 9.23. The minimum Gasteiger partial charge on any atom is -0.382 e. The van der Waals surface area contributed by atoms with E-state index in [1.807, 2.05) is 65.4 Å². The molecule has 9 heteroatoms. The zero-order valence-corrected chi connectivity index (χ0v) is 19.1. The Balaban J connectivity index is 1.35. The van der Waals surface area contributed by atoms with Gasteiger partial charge in [-0.3, -0.25) is 4.79 Å². The molecule has 4 N–H and O–H groups in total. The molecule has 5 aromatic rings. The van der Waals surface area contributed by atoms with Crippen LogP contribution < -0.4 is 16.4 Å². The minimum atomic E-state index is -0.148. The smallest absolute Gasteiger partial charge is 0.255 e. The van der Waals surface area contributed by atoms with Gasteiger partial charge in [0, 0.05) is 22.2 Å². The highest BCUT2D eigenvalue weighted by Crippen LogP contribution is 2.39. The summed E-state index contributed by atoms with van der Waals surface area (Å²) in [6.45, 7) is 0. The fraction of sp³-hybridized carbons (Fsp3) is 0. The van der Waals surface area contributed by atoms with Crippen LogP contribution in [0.1, 0.15) is 10.4 Å². The molecular formula is C23H17N5OS3. The number of thiazole rings is 2. The van der Waals surface area contributed by atoms with Gasteiger partial charge >= 0.3 is 0 Å². The maximum atomic E-state index is 12.5. The molecule has 0 aliphatic rings. The average Bonchev–Trinajstić information content (AvgIpc) is 3.56. The third kappa shape index (κ3) is 4.40. The van der Waals surface area contributed by atoms with Crippen molar-refractivity contribution in [2.75, 3.05) is 16.4 Å². The van der Waals surface area contributed by atoms with E-state index in [1.165, 1.54) is 22.7 Å². The van der Waals surface area contributed by atoms with Crippen LogP contribution in [0.2, 0.25) is 0 Å². The summed E-state index contributed by atoms with van der Waals surface area (Å²) in [6.07, 6.45) is 0. The number of aromatic nitrogens is 2. The lowest BCUT2D eigenvalue weighted by Crippen LogP contribution is -2.11. The molecule has 158 valence electrons. The summed E-state index contributed by atoms with van der Waals surface area (Å²) in [4.78, 5) is 22.5. The maximum Gasteiger partial charge on any atom is 0.255 e. The number of hydrogen-bond acceptors (Lipinski definition) is 8. The molecule has 3 aromatic heterocycles. The summed E-state index contributed by atoms with van der Waals surface area (Å²) in [5.74, 6) is 0.309. The molecule has 6 nitrogen and oxygen atoms in total. The number of nitrogens with zero attached hydrogens (tertiary/aromatic N) is 2. The molecule has 0 saturated carbocycles. The van der Waals surface area contributed by atoms with Gasteiger partial charge in [0.15, 0.2) is 5.13 Å². The molecule has 5 rings (SSSR count). The number of benzene rings is 2. The van der Waals surface area contributed by atoms with Crippen molar-refractivity contribution in [3.63, 3.8) is 0 Å². The van der Waals surface area contributed by atoms with Gasteiger partial charge in [0.05, 0.1) is 10.7 Å². The van der Waals surface area contributed by atoms with E-state index in [9.17, 15) is 4.79 Å². The maximum absolute atomic E-state index is 12.5. The van der Waals surface area contributed by atoms with Crippen molar-refractivity contribution < 1.29 is 4.79 Å². The fourth-order valence-electron chi connectivity index (χ4n) is 3.05. The van der Waals surface area contributed by atoms with Crippen molar-refractivity contribution in [1.82, 2.24) is 9.97 Å². The first-order valence-corrected chi connectivity index (χ1v) is 12.2. The number of nitrogen functional groups attached to an aromatic ring is 1. The van der Waals surface area contributed by atoms with Gasteiger partial charge in [-0.1, -0.05) is 41.7 Å². The zero-order chi connectivity index (χ0) is 21.9. The third-order valence-corrected chi connectivity index (χ3v) is 7.32. The molecule has 0 fully saturated rings. The van der Waals surface area contributed by atoms with E-state index in [0.29, 0.717) is 17.1 Å². The minimum absolute atomic E-state index is 0.148. The number of amides is 1. The normalized spacial score (nSPS) is 10.8. The zero-order valence-electron chi connectivity index (χ0n) is 16.6. The molecule has 3 heterocycles. The second-order valence-corrected chi connectivity index (χ2v) is 9.58. The van der Waals surface area contributed by atoms with E-state index in [0.717, 1.165) is 31.3 Å². The molecule has 0 radical (unpaired) electrons. The van der Waals surface area contributed by atoms with Gasteiger partial charge in [0.1, 0.15) is 15.7 Å². The number of thiophene rings is 1. The first-order valence-electron chi connectivity index (χ1n) is 9.65. The Morgan fingerprint density at radius 3 is 2.62 bits per heavy atom. The van der Waals surface area contributed by atoms with E-state index >= 15 is 0 Å². The van der Waals surface area contributed by atoms with E-state index < -0.39 is 0 Å². The first-order chi connectivity index (χ1) is 15.7. The van der Waals surface area contributed by atoms with Gasteiger partial charge in [0.2, 0.25) is 0 Å². The largest absolute Gasteiger partial charge is 0.382 e. The van der Waals surface area contributed by atoms with Gasteiger partial charge in [-0.15, -0.1) is 22.7 Å². The van der Waals surface area contributed by atoms with Crippen molar-refractivity contribution in [3.05, 3.63) is 83.1 Å². The lowest BCUT2D eigenvalue weighted by Gasteiger charge is -2.06. The molecule has 32 heavy (non-hydrogen) atoms. The number of carbonyl (C=O) groups is 1. The molecule has 0 bridgehead atoms. The molecule has 0 atom stereocenters. The van der Waals surface area contributed by atoms with Crippen LogP contribution in [0.25, 0.3) is 21.1 Å². The molecule has 0 aliphatic heterocycles. The number of carbonyl (C=O) groups excluding carboxylic acids is 1. The molecule has 0 saturated heterocycles. The van der Waals surface area contributed by atoms with Crippen molar-refractivity contribution in [2.24, 2.45) is 0 Å². The van der Waals surface area contributed by atoms with Crippen LogP contribution in [0, 0.1) is 0 Å². The van der Waals surface area contributed by atoms with Crippen LogP contribution in [0.15, 0.2) is 77.5 Å². The monoisotopic (exact) mass is 475 g/mol. The molecule has 2 aromatic carbocycles. The molecule has 0 aliphatic carbocycles. The summed E-state index contributed by atoms with van der Waals surface area (Å²) in [5, 5.41) is 12.8. The summed E-state index contributed by atoms with van der Waals surface area (Å²) >= 11 is 4.60. The Labute approximate surface area is 196 Å². The molecule has 0 unspecified atom stereocenters. The van der Waals surface area contributed by atoms with E-state index in [2.05, 4.69) is 15.6 Å². The lowest BCUT2D eigenvalue weighted by atomic mass is 10.1. The van der Waals surface area contributed by atoms with Crippen LogP contribution in [-0.2, 0) is 0 Å². The standard InChI is InChI=1S/C23H17N5OS3/c24-20-19(32-23(28-20)27-18-10-5-11-30-18)22-26-17(13-31-22)15-8-4-9-16(12-15)25-21(29)14-6-2-1-3-7-14/h1-13H,24H2,(H,25,29)(H,27,28). The Morgan fingerprint density at radius 2 is 1.81 bits per heavy atom. The van der Waals surface area contributed by atoms with Gasteiger partial charge < -0.3 is 16.4 Å². The Hall–Kier alpha value is -3.53. The number of hydrogen-bond donors (Lipinski definition) is 3. The molecule has 0 spiro atoms. The van der Waals surface area contributed by atoms with Gasteiger partial charge in [-0.2, -0.15) is 0 Å². The predicted molar refractivity (Wildman–Crippen MR) is 135 cm³/mol. The van der Waals surface area contributed by atoms with E-state index in [4.69, 9.17) is 10.7 Å². The Kier molecular flexibility index (Phi) is 5.68. The quantitative estimate of drug-likeness (QED) is 0.258. The van der Waals surface area contributed by atoms with Gasteiger partial charge in [-0.25, -0.2) is 9.97 Å². The van der Waals surface area contributed by atoms with Crippen molar-refractivity contribution >= 4 is 61.6 Å². The molecule has 1 amide bonds. The summed E-state index contributed by atoms with van der Waals surface area (Å²) < 4.78 is 0. The second-order valence-electron chi connectivity index (χ2n) is 6.77. The number of anilines is 4. The van der Waals surface area contributed by atoms with E-state index in [-0.39, 0.29) is 5.91 Å². The Morgan fingerprint density at radius 1 is 0.938 bits per heavy atom. The number of nitrogens with two attached hydrogens (primary N) is 1. The van der Waals surface area contributed by atoms with Crippen LogP contribution in [0.5, 0.6) is 0 Å². The van der Waals surface area contributed by atoms with Gasteiger partial charge in [-0.05, 0) is 41.8 Å². The fourth-order valence-corrected chi connectivity index (χ4v) is 5.56. The highest BCUT2D eigenvalue weighted by Gasteiger charge is 2.16. The van der Waals surface area contributed by atoms with Crippen LogP contribution >= 0.6 is 34.0 Å². The average molecular weight is 476 g/mol. The van der Waals surface area contributed by atoms with Crippen LogP contribution in [-0.4, -0.2) is 15.9 Å². The SMILES string of the molecule is Nc1nc(Nc2cccs2)sc1-c1nc(-c2cccc(NC(=O)c3ccccc3)c2)cs1. The second kappa shape index (κ2) is 8.91. The third-order valence-electron chi connectivity index (χ3n) is 4.56. The highest BCUT2D eigenvalue weighted by molar-refractivity contribution is 7.24. The summed E-state index contributed by atoms with van der Waals surface area (Å²) in [6, 6.07) is 20.8. The van der Waals surface area contributed by atoms with Crippen molar-refractivity contribution in [1.29, 1.82) is 0 Å². The predicted octanol–water partition coefficient (Wildman–Crippen LogP) is 6.57. The lowest BCUT2D eigenvalue weighted by molar-refractivity contribution is 0.102. The first kappa shape index (κ1) is 20.4. The topological polar surface area (TPSA) is 92.9 Å². The van der Waals surface area contributed by atoms with Crippen LogP contribution in [0.4, 0.5) is 21.6 Å². The highest BCUT2D eigenvalue weighted by atomic mass is 32.1.